The molecule has 0 amide bonds. The van der Waals surface area contributed by atoms with E-state index in [1.807, 2.05) is 0 Å². The van der Waals surface area contributed by atoms with E-state index in [1.165, 1.54) is 4.31 Å². The molecule has 2 unspecified atom stereocenters. The second-order valence-corrected chi connectivity index (χ2v) is 7.30. The number of nitrogens with one attached hydrogen (secondary N) is 1. The SMILES string of the molecule is CCOC(=O)C1CCCN(S(=O)(=O)NC(C)(CC)CO)C1. The first-order valence-corrected chi connectivity index (χ1v) is 8.78. The Morgan fingerprint density at radius 3 is 2.67 bits per heavy atom. The quantitative estimate of drug-likeness (QED) is 0.655. The van der Waals surface area contributed by atoms with E-state index in [-0.39, 0.29) is 19.1 Å². The van der Waals surface area contributed by atoms with Gasteiger partial charge in [0, 0.05) is 13.1 Å². The molecule has 0 spiro atoms. The second-order valence-electron chi connectivity index (χ2n) is 5.63. The lowest BCUT2D eigenvalue weighted by Crippen LogP contribution is -2.55. The fourth-order valence-electron chi connectivity index (χ4n) is 2.21. The molecule has 8 heteroatoms. The minimum Gasteiger partial charge on any atom is -0.466 e. The van der Waals surface area contributed by atoms with Gasteiger partial charge < -0.3 is 9.84 Å². The lowest BCUT2D eigenvalue weighted by molar-refractivity contribution is -0.149. The van der Waals surface area contributed by atoms with Crippen molar-refractivity contribution in [2.24, 2.45) is 5.92 Å². The molecule has 0 saturated carbocycles. The Balaban J connectivity index is 2.77. The van der Waals surface area contributed by atoms with Crippen LogP contribution in [0.1, 0.15) is 40.0 Å². The van der Waals surface area contributed by atoms with Gasteiger partial charge in [0.2, 0.25) is 0 Å². The maximum atomic E-state index is 12.4. The number of aliphatic hydroxyl groups is 1. The minimum absolute atomic E-state index is 0.124. The first-order valence-electron chi connectivity index (χ1n) is 7.34. The molecular formula is C13H26N2O5S. The van der Waals surface area contributed by atoms with Gasteiger partial charge in [0.15, 0.2) is 0 Å². The highest BCUT2D eigenvalue weighted by molar-refractivity contribution is 7.87. The smallest absolute Gasteiger partial charge is 0.310 e. The lowest BCUT2D eigenvalue weighted by Gasteiger charge is -2.34. The average Bonchev–Trinajstić information content (AvgIpc) is 2.47. The molecule has 1 rings (SSSR count). The van der Waals surface area contributed by atoms with E-state index in [0.717, 1.165) is 0 Å². The van der Waals surface area contributed by atoms with Gasteiger partial charge in [-0.3, -0.25) is 4.79 Å². The Morgan fingerprint density at radius 1 is 1.48 bits per heavy atom. The fourth-order valence-corrected chi connectivity index (χ4v) is 3.91. The number of carbonyl (C=O) groups excluding carboxylic acids is 1. The number of rotatable bonds is 7. The number of piperidine rings is 1. The van der Waals surface area contributed by atoms with Gasteiger partial charge in [-0.15, -0.1) is 0 Å². The van der Waals surface area contributed by atoms with Crippen molar-refractivity contribution in [3.05, 3.63) is 0 Å². The van der Waals surface area contributed by atoms with Crippen molar-refractivity contribution in [2.45, 2.75) is 45.6 Å². The molecule has 0 bridgehead atoms. The van der Waals surface area contributed by atoms with E-state index in [9.17, 15) is 18.3 Å². The van der Waals surface area contributed by atoms with Crippen molar-refractivity contribution in [1.29, 1.82) is 0 Å². The van der Waals surface area contributed by atoms with Crippen LogP contribution in [-0.2, 0) is 19.7 Å². The van der Waals surface area contributed by atoms with Crippen molar-refractivity contribution >= 4 is 16.2 Å². The van der Waals surface area contributed by atoms with Crippen molar-refractivity contribution in [1.82, 2.24) is 9.03 Å². The zero-order chi connectivity index (χ0) is 16.1. The molecule has 0 aromatic rings. The Bertz CT molecular complexity index is 447. The molecule has 7 nitrogen and oxygen atoms in total. The Hall–Kier alpha value is -0.700. The summed E-state index contributed by atoms with van der Waals surface area (Å²) in [5.74, 6) is -0.768. The third kappa shape index (κ3) is 4.91. The van der Waals surface area contributed by atoms with Gasteiger partial charge in [-0.25, -0.2) is 0 Å². The maximum Gasteiger partial charge on any atom is 0.310 e. The first-order chi connectivity index (χ1) is 9.78. The van der Waals surface area contributed by atoms with Crippen LogP contribution >= 0.6 is 0 Å². The van der Waals surface area contributed by atoms with Crippen LogP contribution in [-0.4, -0.2) is 55.6 Å². The number of esters is 1. The summed E-state index contributed by atoms with van der Waals surface area (Å²) in [6.45, 7) is 5.69. The van der Waals surface area contributed by atoms with Crippen LogP contribution in [0, 0.1) is 5.92 Å². The van der Waals surface area contributed by atoms with Crippen LogP contribution in [0.2, 0.25) is 0 Å². The van der Waals surface area contributed by atoms with Gasteiger partial charge in [0.25, 0.3) is 10.2 Å². The van der Waals surface area contributed by atoms with Crippen molar-refractivity contribution in [3.63, 3.8) is 0 Å². The van der Waals surface area contributed by atoms with E-state index < -0.39 is 21.7 Å². The largest absolute Gasteiger partial charge is 0.466 e. The van der Waals surface area contributed by atoms with E-state index in [0.29, 0.717) is 32.4 Å². The van der Waals surface area contributed by atoms with Gasteiger partial charge in [-0.1, -0.05) is 6.92 Å². The van der Waals surface area contributed by atoms with Crippen molar-refractivity contribution in [3.8, 4) is 0 Å². The number of hydrogen-bond acceptors (Lipinski definition) is 5. The number of nitrogens with zero attached hydrogens (tertiary/aromatic N) is 1. The van der Waals surface area contributed by atoms with Crippen LogP contribution in [0.15, 0.2) is 0 Å². The molecule has 0 aromatic carbocycles. The molecule has 1 aliphatic rings. The van der Waals surface area contributed by atoms with Gasteiger partial charge >= 0.3 is 5.97 Å². The summed E-state index contributed by atoms with van der Waals surface area (Å²) in [5, 5.41) is 9.34. The summed E-state index contributed by atoms with van der Waals surface area (Å²) >= 11 is 0. The standard InChI is InChI=1S/C13H26N2O5S/c1-4-13(3,10-16)14-21(18,19)15-8-6-7-11(9-15)12(17)20-5-2/h11,14,16H,4-10H2,1-3H3. The summed E-state index contributed by atoms with van der Waals surface area (Å²) in [6, 6.07) is 0. The molecule has 124 valence electrons. The molecule has 1 heterocycles. The van der Waals surface area contributed by atoms with Gasteiger partial charge in [-0.05, 0) is 33.1 Å². The Morgan fingerprint density at radius 2 is 2.14 bits per heavy atom. The molecule has 0 aliphatic carbocycles. The lowest BCUT2D eigenvalue weighted by atomic mass is 10.0. The Labute approximate surface area is 126 Å². The number of aliphatic hydroxyl groups excluding tert-OH is 1. The predicted molar refractivity (Wildman–Crippen MR) is 78.8 cm³/mol. The summed E-state index contributed by atoms with van der Waals surface area (Å²) in [7, 11) is -3.73. The van der Waals surface area contributed by atoms with Crippen LogP contribution in [0.5, 0.6) is 0 Å². The fraction of sp³-hybridized carbons (Fsp3) is 0.923. The molecule has 1 fully saturated rings. The molecule has 1 saturated heterocycles. The normalized spacial score (nSPS) is 23.5. The highest BCUT2D eigenvalue weighted by atomic mass is 32.2. The molecule has 2 atom stereocenters. The summed E-state index contributed by atoms with van der Waals surface area (Å²) in [6.07, 6.45) is 1.72. The zero-order valence-corrected chi connectivity index (χ0v) is 13.8. The van der Waals surface area contributed by atoms with Crippen molar-refractivity contribution in [2.75, 3.05) is 26.3 Å². The predicted octanol–water partition coefficient (Wildman–Crippen LogP) is 0.257. The molecule has 21 heavy (non-hydrogen) atoms. The Kier molecular flexibility index (Phi) is 6.58. The van der Waals surface area contributed by atoms with Crippen molar-refractivity contribution < 1.29 is 23.1 Å². The minimum atomic E-state index is -3.73. The average molecular weight is 322 g/mol. The topological polar surface area (TPSA) is 95.9 Å². The second kappa shape index (κ2) is 7.53. The van der Waals surface area contributed by atoms with Crippen LogP contribution < -0.4 is 4.72 Å². The molecule has 0 radical (unpaired) electrons. The third-order valence-corrected chi connectivity index (χ3v) is 5.61. The van der Waals surface area contributed by atoms with Crippen LogP contribution in [0.25, 0.3) is 0 Å². The van der Waals surface area contributed by atoms with E-state index in [2.05, 4.69) is 4.72 Å². The van der Waals surface area contributed by atoms with Gasteiger partial charge in [0.05, 0.1) is 24.7 Å². The van der Waals surface area contributed by atoms with E-state index >= 15 is 0 Å². The number of hydrogen-bond donors (Lipinski definition) is 2. The molecule has 1 aliphatic heterocycles. The van der Waals surface area contributed by atoms with E-state index in [1.54, 1.807) is 20.8 Å². The van der Waals surface area contributed by atoms with E-state index in [4.69, 9.17) is 4.74 Å². The summed E-state index contributed by atoms with van der Waals surface area (Å²) in [5.41, 5.74) is -0.893. The summed E-state index contributed by atoms with van der Waals surface area (Å²) < 4.78 is 33.5. The molecule has 0 aromatic heterocycles. The summed E-state index contributed by atoms with van der Waals surface area (Å²) in [4.78, 5) is 11.8. The van der Waals surface area contributed by atoms with Crippen LogP contribution in [0.3, 0.4) is 0 Å². The number of ether oxygens (including phenoxy) is 1. The van der Waals surface area contributed by atoms with Gasteiger partial charge in [-0.2, -0.15) is 17.4 Å². The van der Waals surface area contributed by atoms with Gasteiger partial charge in [0.1, 0.15) is 0 Å². The maximum absolute atomic E-state index is 12.4. The molecular weight excluding hydrogens is 296 g/mol. The highest BCUT2D eigenvalue weighted by Gasteiger charge is 2.36. The zero-order valence-electron chi connectivity index (χ0n) is 13.0. The third-order valence-electron chi connectivity index (χ3n) is 3.85. The van der Waals surface area contributed by atoms with Crippen LogP contribution in [0.4, 0.5) is 0 Å². The first kappa shape index (κ1) is 18.3. The monoisotopic (exact) mass is 322 g/mol. The number of carbonyl (C=O) groups is 1. The molecule has 2 N–H and O–H groups in total. The highest BCUT2D eigenvalue weighted by Crippen LogP contribution is 2.21.